The van der Waals surface area contributed by atoms with Crippen molar-refractivity contribution in [2.24, 2.45) is 0 Å². The number of rotatable bonds is 3. The van der Waals surface area contributed by atoms with E-state index in [0.29, 0.717) is 10.6 Å². The Hall–Kier alpha value is -2.06. The van der Waals surface area contributed by atoms with E-state index >= 15 is 0 Å². The van der Waals surface area contributed by atoms with Gasteiger partial charge in [0.25, 0.3) is 11.4 Å². The van der Waals surface area contributed by atoms with Gasteiger partial charge in [-0.05, 0) is 0 Å². The van der Waals surface area contributed by atoms with Crippen molar-refractivity contribution in [2.75, 3.05) is 6.61 Å². The number of H-pyrrole nitrogens is 1. The molecule has 2 heterocycles. The minimum Gasteiger partial charge on any atom is -0.390 e. The number of nitrogens with zero attached hydrogens (tertiary/aromatic N) is 1. The van der Waals surface area contributed by atoms with E-state index in [9.17, 15) is 23.5 Å². The molecule has 114 valence electrons. The molecule has 4 unspecified atom stereocenters. The largest absolute Gasteiger partial charge is 0.390 e. The molecule has 4 atom stereocenters. The van der Waals surface area contributed by atoms with E-state index in [0.717, 1.165) is 12.3 Å². The molecule has 0 amide bonds. The normalized spacial score (nSPS) is 35.4. The standard InChI is InChI=1S/C12H12F2N2O5/c1-2-4-11(13)8(19)12(14,6-17)21-9(11)16-5-3-7(18)15-10(16)20/h3-5,8-9,17,19H,1,6H2,(H,15,18,20). The lowest BCUT2D eigenvalue weighted by Crippen LogP contribution is -2.47. The summed E-state index contributed by atoms with van der Waals surface area (Å²) in [5, 5.41) is 18.7. The van der Waals surface area contributed by atoms with Crippen molar-refractivity contribution >= 4 is 0 Å². The molecule has 1 aliphatic heterocycles. The molecule has 1 aromatic heterocycles. The van der Waals surface area contributed by atoms with Gasteiger partial charge in [0, 0.05) is 18.3 Å². The predicted octanol–water partition coefficient (Wildman–Crippen LogP) is -0.866. The summed E-state index contributed by atoms with van der Waals surface area (Å²) in [6.07, 6.45) is -2.90. The zero-order valence-electron chi connectivity index (χ0n) is 10.6. The molecule has 1 fully saturated rings. The molecule has 3 N–H and O–H groups in total. The van der Waals surface area contributed by atoms with Gasteiger partial charge in [-0.25, -0.2) is 13.6 Å². The highest BCUT2D eigenvalue weighted by molar-refractivity contribution is 5.16. The first-order chi connectivity index (χ1) is 9.78. The molecule has 9 heteroatoms. The van der Waals surface area contributed by atoms with Crippen molar-refractivity contribution in [2.45, 2.75) is 23.9 Å². The molecule has 0 radical (unpaired) electrons. The lowest BCUT2D eigenvalue weighted by Gasteiger charge is -2.25. The smallest absolute Gasteiger partial charge is 0.330 e. The van der Waals surface area contributed by atoms with Gasteiger partial charge in [0.05, 0.1) is 0 Å². The number of aliphatic hydroxyl groups excluding tert-OH is 2. The van der Waals surface area contributed by atoms with Crippen molar-refractivity contribution < 1.29 is 23.7 Å². The Morgan fingerprint density at radius 1 is 1.57 bits per heavy atom. The highest BCUT2D eigenvalue weighted by Gasteiger charge is 2.65. The van der Waals surface area contributed by atoms with E-state index in [4.69, 9.17) is 5.11 Å². The van der Waals surface area contributed by atoms with Crippen molar-refractivity contribution in [3.8, 4) is 0 Å². The fraction of sp³-hybridized carbons (Fsp3) is 0.417. The van der Waals surface area contributed by atoms with Gasteiger partial charge in [-0.1, -0.05) is 6.58 Å². The average Bonchev–Trinajstić information content (AvgIpc) is 2.62. The van der Waals surface area contributed by atoms with Crippen LogP contribution in [0.3, 0.4) is 0 Å². The third-order valence-electron chi connectivity index (χ3n) is 3.16. The van der Waals surface area contributed by atoms with E-state index < -0.39 is 41.7 Å². The Kier molecular flexibility index (Phi) is 3.68. The number of alkyl halides is 2. The van der Waals surface area contributed by atoms with Crippen LogP contribution in [0.25, 0.3) is 0 Å². The summed E-state index contributed by atoms with van der Waals surface area (Å²) in [7, 11) is 0. The summed E-state index contributed by atoms with van der Waals surface area (Å²) in [5.41, 5.74) is -2.68. The molecule has 0 saturated carbocycles. The van der Waals surface area contributed by atoms with Crippen LogP contribution >= 0.6 is 0 Å². The maximum absolute atomic E-state index is 14.9. The van der Waals surface area contributed by atoms with Gasteiger partial charge in [-0.15, -0.1) is 5.73 Å². The second-order valence-corrected chi connectivity index (χ2v) is 4.51. The quantitative estimate of drug-likeness (QED) is 0.630. The molecule has 1 aromatic rings. The highest BCUT2D eigenvalue weighted by atomic mass is 19.2. The topological polar surface area (TPSA) is 105 Å². The predicted molar refractivity (Wildman–Crippen MR) is 65.9 cm³/mol. The maximum atomic E-state index is 14.9. The van der Waals surface area contributed by atoms with E-state index in [1.54, 1.807) is 0 Å². The second kappa shape index (κ2) is 5.05. The summed E-state index contributed by atoms with van der Waals surface area (Å²) in [6, 6.07) is 0.895. The second-order valence-electron chi connectivity index (χ2n) is 4.51. The fourth-order valence-corrected chi connectivity index (χ4v) is 2.12. The summed E-state index contributed by atoms with van der Waals surface area (Å²) in [6.45, 7) is 1.79. The molecule has 1 aliphatic rings. The third-order valence-corrected chi connectivity index (χ3v) is 3.16. The van der Waals surface area contributed by atoms with Crippen LogP contribution in [0.4, 0.5) is 8.78 Å². The third kappa shape index (κ3) is 2.26. The Morgan fingerprint density at radius 3 is 2.76 bits per heavy atom. The minimum absolute atomic E-state index is 0.551. The van der Waals surface area contributed by atoms with E-state index in [-0.39, 0.29) is 0 Å². The number of hydrogen-bond acceptors (Lipinski definition) is 5. The fourth-order valence-electron chi connectivity index (χ4n) is 2.12. The Labute approximate surface area is 116 Å². The van der Waals surface area contributed by atoms with E-state index in [1.165, 1.54) is 0 Å². The lowest BCUT2D eigenvalue weighted by atomic mass is 9.95. The lowest BCUT2D eigenvalue weighted by molar-refractivity contribution is -0.207. The molecule has 21 heavy (non-hydrogen) atoms. The number of aromatic amines is 1. The first kappa shape index (κ1) is 15.3. The number of ether oxygens (including phenoxy) is 1. The Morgan fingerprint density at radius 2 is 2.24 bits per heavy atom. The summed E-state index contributed by atoms with van der Waals surface area (Å²) >= 11 is 0. The van der Waals surface area contributed by atoms with Crippen molar-refractivity contribution in [3.05, 3.63) is 51.5 Å². The van der Waals surface area contributed by atoms with Crippen molar-refractivity contribution in [1.82, 2.24) is 9.55 Å². The van der Waals surface area contributed by atoms with Gasteiger partial charge in [0.1, 0.15) is 6.61 Å². The zero-order valence-corrected chi connectivity index (χ0v) is 10.6. The monoisotopic (exact) mass is 302 g/mol. The average molecular weight is 302 g/mol. The molecule has 0 spiro atoms. The highest BCUT2D eigenvalue weighted by Crippen LogP contribution is 2.47. The van der Waals surface area contributed by atoms with Crippen LogP contribution < -0.4 is 11.2 Å². The number of aromatic nitrogens is 2. The summed E-state index contributed by atoms with van der Waals surface area (Å²) in [5.74, 6) is -3.12. The molecule has 7 nitrogen and oxygen atoms in total. The zero-order chi connectivity index (χ0) is 15.8. The number of nitrogens with one attached hydrogen (secondary N) is 1. The van der Waals surface area contributed by atoms with Crippen LogP contribution in [-0.4, -0.2) is 44.0 Å². The molecular weight excluding hydrogens is 290 g/mol. The molecular formula is C12H12F2N2O5. The Bertz CT molecular complexity index is 710. The first-order valence-corrected chi connectivity index (χ1v) is 5.81. The molecule has 2 rings (SSSR count). The SMILES string of the molecule is C=C=CC1(F)C(n2ccc(=O)[nH]c2=O)OC(F)(CO)C1O. The van der Waals surface area contributed by atoms with Gasteiger partial charge < -0.3 is 14.9 Å². The summed E-state index contributed by atoms with van der Waals surface area (Å²) < 4.78 is 34.3. The first-order valence-electron chi connectivity index (χ1n) is 5.81. The molecule has 0 bridgehead atoms. The van der Waals surface area contributed by atoms with Gasteiger partial charge in [-0.3, -0.25) is 14.3 Å². The molecule has 1 saturated heterocycles. The van der Waals surface area contributed by atoms with Gasteiger partial charge in [-0.2, -0.15) is 0 Å². The van der Waals surface area contributed by atoms with Crippen molar-refractivity contribution in [3.63, 3.8) is 0 Å². The molecule has 0 aromatic carbocycles. The van der Waals surface area contributed by atoms with Crippen LogP contribution in [0.2, 0.25) is 0 Å². The van der Waals surface area contributed by atoms with Gasteiger partial charge in [0.15, 0.2) is 12.3 Å². The van der Waals surface area contributed by atoms with Crippen LogP contribution in [0.5, 0.6) is 0 Å². The van der Waals surface area contributed by atoms with E-state index in [1.807, 2.05) is 10.7 Å². The van der Waals surface area contributed by atoms with Crippen LogP contribution in [0.1, 0.15) is 6.23 Å². The van der Waals surface area contributed by atoms with Crippen molar-refractivity contribution in [1.29, 1.82) is 0 Å². The minimum atomic E-state index is -3.12. The Balaban J connectivity index is 2.63. The van der Waals surface area contributed by atoms with Crippen LogP contribution in [0, 0.1) is 0 Å². The van der Waals surface area contributed by atoms with Gasteiger partial charge in [0.2, 0.25) is 5.67 Å². The van der Waals surface area contributed by atoms with Crippen LogP contribution in [0.15, 0.2) is 40.2 Å². The van der Waals surface area contributed by atoms with Crippen LogP contribution in [-0.2, 0) is 4.74 Å². The number of aliphatic hydroxyl groups is 2. The number of hydrogen-bond donors (Lipinski definition) is 3. The number of halogens is 2. The van der Waals surface area contributed by atoms with E-state index in [2.05, 4.69) is 11.3 Å². The maximum Gasteiger partial charge on any atom is 0.330 e. The molecule has 0 aliphatic carbocycles. The summed E-state index contributed by atoms with van der Waals surface area (Å²) in [4.78, 5) is 24.5. The van der Waals surface area contributed by atoms with Gasteiger partial charge >= 0.3 is 5.69 Å².